The van der Waals surface area contributed by atoms with Gasteiger partial charge in [0.2, 0.25) is 0 Å². The number of aryl methyl sites for hydroxylation is 1. The first-order chi connectivity index (χ1) is 9.62. The van der Waals surface area contributed by atoms with Crippen LogP contribution in [0.1, 0.15) is 5.56 Å². The molecule has 0 fully saturated rings. The van der Waals surface area contributed by atoms with E-state index in [1.54, 1.807) is 0 Å². The molecule has 2 rings (SSSR count). The van der Waals surface area contributed by atoms with Gasteiger partial charge in [-0.05, 0) is 18.2 Å². The van der Waals surface area contributed by atoms with Gasteiger partial charge in [0.1, 0.15) is 6.54 Å². The van der Waals surface area contributed by atoms with Crippen molar-refractivity contribution in [3.63, 3.8) is 0 Å². The Balaban J connectivity index is 2.86. The average molecular weight is 302 g/mol. The number of carboxylic acids is 1. The minimum Gasteiger partial charge on any atom is -0.480 e. The maximum absolute atomic E-state index is 12.7. The molecule has 0 aliphatic heterocycles. The molecule has 0 amide bonds. The second kappa shape index (κ2) is 4.76. The quantitative estimate of drug-likeness (QED) is 0.890. The second-order valence-corrected chi connectivity index (χ2v) is 4.36. The Morgan fingerprint density at radius 3 is 2.43 bits per heavy atom. The first-order valence-electron chi connectivity index (χ1n) is 5.65. The summed E-state index contributed by atoms with van der Waals surface area (Å²) in [6.07, 6.45) is -4.61. The van der Waals surface area contributed by atoms with Crippen LogP contribution in [-0.4, -0.2) is 20.2 Å². The maximum atomic E-state index is 12.7. The van der Waals surface area contributed by atoms with Crippen molar-refractivity contribution >= 4 is 16.9 Å². The van der Waals surface area contributed by atoms with Gasteiger partial charge in [-0.1, -0.05) is 0 Å². The Morgan fingerprint density at radius 2 is 1.90 bits per heavy atom. The van der Waals surface area contributed by atoms with E-state index in [9.17, 15) is 27.6 Å². The van der Waals surface area contributed by atoms with Gasteiger partial charge in [0.25, 0.3) is 5.56 Å². The third-order valence-electron chi connectivity index (χ3n) is 2.97. The molecule has 0 bridgehead atoms. The van der Waals surface area contributed by atoms with Crippen LogP contribution in [0.3, 0.4) is 0 Å². The highest BCUT2D eigenvalue weighted by Crippen LogP contribution is 2.30. The molecule has 1 aromatic carbocycles. The number of hydrogen-bond acceptors (Lipinski definition) is 3. The van der Waals surface area contributed by atoms with E-state index in [0.717, 1.165) is 10.6 Å². The predicted molar refractivity (Wildman–Crippen MR) is 66.1 cm³/mol. The van der Waals surface area contributed by atoms with Crippen LogP contribution in [0.25, 0.3) is 10.9 Å². The molecule has 0 aliphatic carbocycles. The smallest absolute Gasteiger partial charge is 0.416 e. The van der Waals surface area contributed by atoms with Crippen molar-refractivity contribution in [2.75, 3.05) is 0 Å². The van der Waals surface area contributed by atoms with Crippen molar-refractivity contribution in [1.82, 2.24) is 9.13 Å². The van der Waals surface area contributed by atoms with E-state index in [0.29, 0.717) is 16.7 Å². The number of hydrogen-bond donors (Lipinski definition) is 1. The molecule has 0 unspecified atom stereocenters. The molecule has 1 heterocycles. The third kappa shape index (κ3) is 2.54. The number of aliphatic carboxylic acids is 1. The number of carboxylic acid groups (broad SMARTS) is 1. The van der Waals surface area contributed by atoms with Gasteiger partial charge in [-0.2, -0.15) is 13.2 Å². The molecule has 9 heteroatoms. The zero-order valence-electron chi connectivity index (χ0n) is 10.6. The molecule has 0 radical (unpaired) electrons. The largest absolute Gasteiger partial charge is 0.480 e. The second-order valence-electron chi connectivity index (χ2n) is 4.36. The van der Waals surface area contributed by atoms with E-state index in [-0.39, 0.29) is 10.9 Å². The highest BCUT2D eigenvalue weighted by atomic mass is 19.4. The van der Waals surface area contributed by atoms with Crippen molar-refractivity contribution in [2.45, 2.75) is 12.7 Å². The number of rotatable bonds is 2. The molecular formula is C12H9F3N2O4. The molecule has 1 N–H and O–H groups in total. The van der Waals surface area contributed by atoms with Crippen LogP contribution < -0.4 is 11.2 Å². The van der Waals surface area contributed by atoms with E-state index < -0.39 is 35.5 Å². The number of halogens is 3. The normalized spacial score (nSPS) is 11.8. The van der Waals surface area contributed by atoms with Crippen molar-refractivity contribution in [3.05, 3.63) is 44.6 Å². The van der Waals surface area contributed by atoms with Crippen LogP contribution in [0.2, 0.25) is 0 Å². The molecule has 112 valence electrons. The molecule has 21 heavy (non-hydrogen) atoms. The van der Waals surface area contributed by atoms with Gasteiger partial charge in [0.05, 0.1) is 16.5 Å². The van der Waals surface area contributed by atoms with Crippen molar-refractivity contribution < 1.29 is 23.1 Å². The zero-order chi connectivity index (χ0) is 15.9. The first kappa shape index (κ1) is 14.8. The van der Waals surface area contributed by atoms with Crippen LogP contribution in [-0.2, 0) is 24.6 Å². The lowest BCUT2D eigenvalue weighted by Crippen LogP contribution is -2.40. The van der Waals surface area contributed by atoms with E-state index in [4.69, 9.17) is 5.11 Å². The third-order valence-corrected chi connectivity index (χ3v) is 2.97. The number of carbonyl (C=O) groups is 1. The maximum Gasteiger partial charge on any atom is 0.416 e. The van der Waals surface area contributed by atoms with Gasteiger partial charge in [-0.3, -0.25) is 14.2 Å². The van der Waals surface area contributed by atoms with Crippen LogP contribution in [0.4, 0.5) is 13.2 Å². The summed E-state index contributed by atoms with van der Waals surface area (Å²) >= 11 is 0. The molecule has 0 saturated carbocycles. The van der Waals surface area contributed by atoms with Crippen LogP contribution in [0.5, 0.6) is 0 Å². The fourth-order valence-electron chi connectivity index (χ4n) is 1.96. The lowest BCUT2D eigenvalue weighted by Gasteiger charge is -2.12. The monoisotopic (exact) mass is 302 g/mol. The van der Waals surface area contributed by atoms with Crippen molar-refractivity contribution in [2.24, 2.45) is 7.05 Å². The predicted octanol–water partition coefficient (Wildman–Crippen LogP) is 0.804. The molecule has 0 aliphatic rings. The van der Waals surface area contributed by atoms with Crippen LogP contribution in [0, 0.1) is 0 Å². The van der Waals surface area contributed by atoms with E-state index in [1.165, 1.54) is 7.05 Å². The first-order valence-corrected chi connectivity index (χ1v) is 5.65. The van der Waals surface area contributed by atoms with Crippen molar-refractivity contribution in [1.29, 1.82) is 0 Å². The summed E-state index contributed by atoms with van der Waals surface area (Å²) in [5, 5.41) is 8.51. The van der Waals surface area contributed by atoms with Gasteiger partial charge >= 0.3 is 17.8 Å². The highest BCUT2D eigenvalue weighted by Gasteiger charge is 2.31. The molecule has 6 nitrogen and oxygen atoms in total. The summed E-state index contributed by atoms with van der Waals surface area (Å²) in [6, 6.07) is 2.32. The van der Waals surface area contributed by atoms with E-state index >= 15 is 0 Å². The standard InChI is InChI=1S/C12H9F3N2O4/c1-16-8-4-6(12(13,14)15)2-3-7(8)10(20)17(11(16)21)5-9(18)19/h2-4H,5H2,1H3,(H,18,19). The Labute approximate surface area is 114 Å². The summed E-state index contributed by atoms with van der Waals surface area (Å²) in [6.45, 7) is -0.859. The van der Waals surface area contributed by atoms with Crippen molar-refractivity contribution in [3.8, 4) is 0 Å². The number of fused-ring (bicyclic) bond motifs is 1. The number of alkyl halides is 3. The van der Waals surface area contributed by atoms with Crippen LogP contribution in [0.15, 0.2) is 27.8 Å². The molecule has 1 aromatic heterocycles. The summed E-state index contributed by atoms with van der Waals surface area (Å²) in [5.41, 5.74) is -3.14. The minimum absolute atomic E-state index is 0.161. The number of aromatic nitrogens is 2. The van der Waals surface area contributed by atoms with E-state index in [1.807, 2.05) is 0 Å². The van der Waals surface area contributed by atoms with Crippen LogP contribution >= 0.6 is 0 Å². The number of benzene rings is 1. The summed E-state index contributed by atoms with van der Waals surface area (Å²) in [5.74, 6) is -1.40. The van der Waals surface area contributed by atoms with Gasteiger partial charge in [-0.15, -0.1) is 0 Å². The molecule has 0 atom stereocenters. The average Bonchev–Trinajstić information content (AvgIpc) is 2.39. The summed E-state index contributed by atoms with van der Waals surface area (Å²) in [4.78, 5) is 34.5. The minimum atomic E-state index is -4.61. The summed E-state index contributed by atoms with van der Waals surface area (Å²) < 4.78 is 39.2. The molecule has 0 spiro atoms. The number of nitrogens with zero attached hydrogens (tertiary/aromatic N) is 2. The fraction of sp³-hybridized carbons (Fsp3) is 0.250. The topological polar surface area (TPSA) is 81.3 Å². The van der Waals surface area contributed by atoms with Gasteiger partial charge < -0.3 is 5.11 Å². The lowest BCUT2D eigenvalue weighted by molar-refractivity contribution is -0.138. The fourth-order valence-corrected chi connectivity index (χ4v) is 1.96. The SMILES string of the molecule is Cn1c(=O)n(CC(=O)O)c(=O)c2ccc(C(F)(F)F)cc21. The zero-order valence-corrected chi connectivity index (χ0v) is 10.6. The van der Waals surface area contributed by atoms with E-state index in [2.05, 4.69) is 0 Å². The molecular weight excluding hydrogens is 293 g/mol. The lowest BCUT2D eigenvalue weighted by atomic mass is 10.1. The molecule has 2 aromatic rings. The Bertz CT molecular complexity index is 848. The van der Waals surface area contributed by atoms with Gasteiger partial charge in [0.15, 0.2) is 0 Å². The highest BCUT2D eigenvalue weighted by molar-refractivity contribution is 5.79. The Kier molecular flexibility index (Phi) is 3.36. The molecule has 0 saturated heterocycles. The Hall–Kier alpha value is -2.58. The summed E-state index contributed by atoms with van der Waals surface area (Å²) in [7, 11) is 1.17. The van der Waals surface area contributed by atoms with Gasteiger partial charge in [0, 0.05) is 7.05 Å². The van der Waals surface area contributed by atoms with Gasteiger partial charge in [-0.25, -0.2) is 9.36 Å². The Morgan fingerprint density at radius 1 is 1.29 bits per heavy atom.